The molecule has 1 rings (SSSR count). The second-order valence-corrected chi connectivity index (χ2v) is 4.57. The lowest BCUT2D eigenvalue weighted by atomic mass is 10.0. The molecule has 0 amide bonds. The van der Waals surface area contributed by atoms with Gasteiger partial charge in [-0.15, -0.1) is 0 Å². The van der Waals surface area contributed by atoms with Crippen LogP contribution in [-0.2, 0) is 16.0 Å². The van der Waals surface area contributed by atoms with Gasteiger partial charge in [0, 0.05) is 12.1 Å². The molecule has 7 nitrogen and oxygen atoms in total. The predicted octanol–water partition coefficient (Wildman–Crippen LogP) is 0.680. The number of carbonyl (C=O) groups excluding carboxylic acids is 1. The predicted molar refractivity (Wildman–Crippen MR) is 81.1 cm³/mol. The first-order valence-corrected chi connectivity index (χ1v) is 6.36. The van der Waals surface area contributed by atoms with Gasteiger partial charge in [0.1, 0.15) is 0 Å². The molecule has 1 aromatic rings. The molecule has 0 aliphatic carbocycles. The summed E-state index contributed by atoms with van der Waals surface area (Å²) in [6, 6.07) is 6.73. The van der Waals surface area contributed by atoms with Crippen molar-refractivity contribution < 1.29 is 19.4 Å². The average molecular weight is 309 g/mol. The third-order valence-corrected chi connectivity index (χ3v) is 2.46. The quantitative estimate of drug-likeness (QED) is 0.306. The molecule has 21 heavy (non-hydrogen) atoms. The number of carboxylic acid groups (broad SMARTS) is 1. The third-order valence-electron chi connectivity index (χ3n) is 2.37. The first-order valence-electron chi connectivity index (χ1n) is 5.95. The van der Waals surface area contributed by atoms with Crippen molar-refractivity contribution >= 4 is 35.0 Å². The maximum atomic E-state index is 11.8. The Kier molecular flexibility index (Phi) is 6.28. The molecule has 0 aliphatic rings. The summed E-state index contributed by atoms with van der Waals surface area (Å²) < 4.78 is 4.68. The van der Waals surface area contributed by atoms with E-state index in [1.165, 1.54) is 0 Å². The minimum atomic E-state index is -1.21. The van der Waals surface area contributed by atoms with Crippen LogP contribution in [0.3, 0.4) is 0 Å². The molecule has 0 fully saturated rings. The minimum Gasteiger partial charge on any atom is -0.479 e. The normalized spacial score (nSPS) is 10.8. The van der Waals surface area contributed by atoms with Crippen LogP contribution < -0.4 is 11.2 Å². The molecule has 112 valence electrons. The number of thiocarbonyl (C=S) groups is 1. The molecule has 0 aromatic heterocycles. The van der Waals surface area contributed by atoms with Crippen LogP contribution in [0.1, 0.15) is 22.8 Å². The second kappa shape index (κ2) is 7.95. The van der Waals surface area contributed by atoms with E-state index >= 15 is 0 Å². The van der Waals surface area contributed by atoms with Gasteiger partial charge in [0.2, 0.25) is 0 Å². The molecule has 8 heteroatoms. The number of ether oxygens (including phenoxy) is 1. The van der Waals surface area contributed by atoms with Gasteiger partial charge in [0.15, 0.2) is 11.7 Å². The van der Waals surface area contributed by atoms with Gasteiger partial charge in [-0.25, -0.2) is 9.59 Å². The van der Waals surface area contributed by atoms with Crippen LogP contribution >= 0.6 is 12.2 Å². The number of aliphatic carboxylic acids is 1. The molecule has 0 saturated heterocycles. The number of hydrogen-bond acceptors (Lipinski definition) is 5. The van der Waals surface area contributed by atoms with Gasteiger partial charge in [-0.3, -0.25) is 5.43 Å². The molecule has 0 heterocycles. The number of nitrogens with zero attached hydrogens (tertiary/aromatic N) is 1. The SMILES string of the molecule is C/C(Cc1ccccc1C(=O)OCC(=O)O)=N\NC(N)=S. The number of hydrazone groups is 1. The fraction of sp³-hybridized carbons (Fsp3) is 0.231. The highest BCUT2D eigenvalue weighted by atomic mass is 32.1. The first kappa shape index (κ1) is 16.6. The monoisotopic (exact) mass is 309 g/mol. The summed E-state index contributed by atoms with van der Waals surface area (Å²) in [6.45, 7) is 1.06. The van der Waals surface area contributed by atoms with Gasteiger partial charge in [-0.05, 0) is 30.8 Å². The summed E-state index contributed by atoms with van der Waals surface area (Å²) in [4.78, 5) is 22.3. The number of carboxylic acids is 1. The largest absolute Gasteiger partial charge is 0.479 e. The van der Waals surface area contributed by atoms with Crippen LogP contribution in [0.25, 0.3) is 0 Å². The summed E-state index contributed by atoms with van der Waals surface area (Å²) in [6.07, 6.45) is 0.369. The molecule has 1 aromatic carbocycles. The molecule has 0 aliphatic heterocycles. The zero-order valence-corrected chi connectivity index (χ0v) is 12.1. The molecular formula is C13H15N3O4S. The second-order valence-electron chi connectivity index (χ2n) is 4.13. The summed E-state index contributed by atoms with van der Waals surface area (Å²) in [5.41, 5.74) is 9.34. The van der Waals surface area contributed by atoms with Crippen molar-refractivity contribution in [2.45, 2.75) is 13.3 Å². The van der Waals surface area contributed by atoms with Gasteiger partial charge in [0.05, 0.1) is 5.56 Å². The van der Waals surface area contributed by atoms with E-state index in [1.807, 2.05) is 0 Å². The molecule has 0 saturated carbocycles. The van der Waals surface area contributed by atoms with Crippen LogP contribution in [0.5, 0.6) is 0 Å². The molecular weight excluding hydrogens is 294 g/mol. The highest BCUT2D eigenvalue weighted by Crippen LogP contribution is 2.12. The van der Waals surface area contributed by atoms with Gasteiger partial charge >= 0.3 is 11.9 Å². The zero-order valence-electron chi connectivity index (χ0n) is 11.3. The van der Waals surface area contributed by atoms with Gasteiger partial charge in [-0.2, -0.15) is 5.10 Å². The van der Waals surface area contributed by atoms with Crippen LogP contribution in [0, 0.1) is 0 Å². The Balaban J connectivity index is 2.84. The van der Waals surface area contributed by atoms with Gasteiger partial charge < -0.3 is 15.6 Å². The maximum Gasteiger partial charge on any atom is 0.341 e. The van der Waals surface area contributed by atoms with Gasteiger partial charge in [-0.1, -0.05) is 18.2 Å². The standard InChI is InChI=1S/C13H15N3O4S/c1-8(15-16-13(14)21)6-9-4-2-3-5-10(9)12(19)20-7-11(17)18/h2-5H,6-7H2,1H3,(H,17,18)(H3,14,16,21)/b15-8+. The van der Waals surface area contributed by atoms with Crippen molar-refractivity contribution in [1.82, 2.24) is 5.43 Å². The van der Waals surface area contributed by atoms with Crippen LogP contribution in [-0.4, -0.2) is 34.5 Å². The van der Waals surface area contributed by atoms with Crippen LogP contribution in [0.2, 0.25) is 0 Å². The number of nitrogens with one attached hydrogen (secondary N) is 1. The lowest BCUT2D eigenvalue weighted by Gasteiger charge is -2.08. The number of esters is 1. The molecule has 0 bridgehead atoms. The Labute approximate surface area is 126 Å². The zero-order chi connectivity index (χ0) is 15.8. The van der Waals surface area contributed by atoms with Crippen LogP contribution in [0.4, 0.5) is 0 Å². The van der Waals surface area contributed by atoms with E-state index in [-0.39, 0.29) is 5.11 Å². The fourth-order valence-corrected chi connectivity index (χ4v) is 1.59. The van der Waals surface area contributed by atoms with E-state index in [4.69, 9.17) is 10.8 Å². The first-order chi connectivity index (χ1) is 9.90. The number of benzene rings is 1. The van der Waals surface area contributed by atoms with E-state index < -0.39 is 18.5 Å². The molecule has 0 radical (unpaired) electrons. The Bertz CT molecular complexity index is 587. The number of carbonyl (C=O) groups is 2. The van der Waals surface area contributed by atoms with E-state index in [0.717, 1.165) is 0 Å². The van der Waals surface area contributed by atoms with Crippen molar-refractivity contribution in [3.63, 3.8) is 0 Å². The van der Waals surface area contributed by atoms with Crippen molar-refractivity contribution in [2.75, 3.05) is 6.61 Å². The highest BCUT2D eigenvalue weighted by Gasteiger charge is 2.14. The summed E-state index contributed by atoms with van der Waals surface area (Å²) in [5, 5.41) is 12.5. The summed E-state index contributed by atoms with van der Waals surface area (Å²) >= 11 is 4.63. The molecule has 0 unspecified atom stereocenters. The molecule has 0 spiro atoms. The van der Waals surface area contributed by atoms with Crippen molar-refractivity contribution in [3.8, 4) is 0 Å². The Morgan fingerprint density at radius 1 is 1.43 bits per heavy atom. The molecule has 0 atom stereocenters. The third kappa shape index (κ3) is 6.00. The number of rotatable bonds is 6. The lowest BCUT2D eigenvalue weighted by Crippen LogP contribution is -2.25. The minimum absolute atomic E-state index is 0.0449. The fourth-order valence-electron chi connectivity index (χ4n) is 1.54. The summed E-state index contributed by atoms with van der Waals surface area (Å²) in [5.74, 6) is -1.90. The van der Waals surface area contributed by atoms with Crippen molar-refractivity contribution in [1.29, 1.82) is 0 Å². The smallest absolute Gasteiger partial charge is 0.341 e. The average Bonchev–Trinajstić information content (AvgIpc) is 2.43. The van der Waals surface area contributed by atoms with E-state index in [9.17, 15) is 9.59 Å². The Morgan fingerprint density at radius 3 is 2.71 bits per heavy atom. The Hall–Kier alpha value is -2.48. The molecule has 4 N–H and O–H groups in total. The lowest BCUT2D eigenvalue weighted by molar-refractivity contribution is -0.140. The number of hydrogen-bond donors (Lipinski definition) is 3. The highest BCUT2D eigenvalue weighted by molar-refractivity contribution is 7.80. The van der Waals surface area contributed by atoms with E-state index in [1.54, 1.807) is 31.2 Å². The maximum absolute atomic E-state index is 11.8. The summed E-state index contributed by atoms with van der Waals surface area (Å²) in [7, 11) is 0. The van der Waals surface area contributed by atoms with Gasteiger partial charge in [0.25, 0.3) is 0 Å². The number of nitrogens with two attached hydrogens (primary N) is 1. The van der Waals surface area contributed by atoms with Crippen LogP contribution in [0.15, 0.2) is 29.4 Å². The van der Waals surface area contributed by atoms with E-state index in [2.05, 4.69) is 27.5 Å². The Morgan fingerprint density at radius 2 is 2.10 bits per heavy atom. The van der Waals surface area contributed by atoms with Crippen molar-refractivity contribution in [2.24, 2.45) is 10.8 Å². The van der Waals surface area contributed by atoms with E-state index in [0.29, 0.717) is 23.3 Å². The van der Waals surface area contributed by atoms with Crippen molar-refractivity contribution in [3.05, 3.63) is 35.4 Å². The topological polar surface area (TPSA) is 114 Å².